The van der Waals surface area contributed by atoms with E-state index in [0.29, 0.717) is 52.5 Å². The number of rotatable bonds is 6. The zero-order valence-corrected chi connectivity index (χ0v) is 27.2. The monoisotopic (exact) mass is 616 g/mol. The van der Waals surface area contributed by atoms with Crippen LogP contribution in [0.15, 0.2) is 102 Å². The van der Waals surface area contributed by atoms with Crippen LogP contribution < -0.4 is 24.4 Å². The Balaban J connectivity index is 1.57. The second kappa shape index (κ2) is 12.4. The van der Waals surface area contributed by atoms with Crippen LogP contribution in [0.2, 0.25) is 0 Å². The number of allylic oxidation sites excluding steroid dienone is 1. The van der Waals surface area contributed by atoms with Crippen LogP contribution in [-0.2, 0) is 10.2 Å². The van der Waals surface area contributed by atoms with Crippen molar-refractivity contribution in [3.8, 4) is 17.2 Å². The van der Waals surface area contributed by atoms with Crippen LogP contribution in [0.4, 0.5) is 11.4 Å². The Morgan fingerprint density at radius 3 is 2.02 bits per heavy atom. The lowest BCUT2D eigenvalue weighted by Gasteiger charge is -2.35. The Morgan fingerprint density at radius 1 is 0.783 bits per heavy atom. The summed E-state index contributed by atoms with van der Waals surface area (Å²) in [6.45, 7) is 6.59. The maximum absolute atomic E-state index is 14.6. The van der Waals surface area contributed by atoms with Crippen molar-refractivity contribution < 1.29 is 23.8 Å². The maximum Gasteiger partial charge on any atom is 0.259 e. The molecule has 7 nitrogen and oxygen atoms in total. The number of fused-ring (bicyclic) bond motifs is 1. The van der Waals surface area contributed by atoms with Gasteiger partial charge in [-0.1, -0.05) is 75.4 Å². The molecule has 1 heterocycles. The Labute approximate surface area is 270 Å². The van der Waals surface area contributed by atoms with E-state index in [0.717, 1.165) is 16.9 Å². The van der Waals surface area contributed by atoms with Gasteiger partial charge in [0, 0.05) is 23.3 Å². The van der Waals surface area contributed by atoms with Gasteiger partial charge in [0.15, 0.2) is 17.3 Å². The molecule has 1 N–H and O–H groups in total. The number of hydrogen-bond acceptors (Lipinski definition) is 6. The SMILES string of the molecule is COc1cc([C@H]2C3=C(C[C@H](c4ccc(C(C)(C)C)cc4)CC3=O)Nc3ccccc3N2C(=O)c2ccccc2)cc(OC)c1OC. The molecule has 7 heteroatoms. The summed E-state index contributed by atoms with van der Waals surface area (Å²) in [4.78, 5) is 30.9. The molecule has 0 fully saturated rings. The van der Waals surface area contributed by atoms with Gasteiger partial charge in [0.05, 0.1) is 38.7 Å². The van der Waals surface area contributed by atoms with Crippen molar-refractivity contribution in [2.24, 2.45) is 0 Å². The van der Waals surface area contributed by atoms with Crippen molar-refractivity contribution in [3.63, 3.8) is 0 Å². The number of hydrogen-bond donors (Lipinski definition) is 1. The van der Waals surface area contributed by atoms with Crippen LogP contribution >= 0.6 is 0 Å². The van der Waals surface area contributed by atoms with Crippen molar-refractivity contribution >= 4 is 23.1 Å². The number of ketones is 1. The molecule has 0 saturated carbocycles. The van der Waals surface area contributed by atoms with Gasteiger partial charge in [-0.05, 0) is 70.8 Å². The first-order valence-corrected chi connectivity index (χ1v) is 15.6. The smallest absolute Gasteiger partial charge is 0.259 e. The Hall–Kier alpha value is -5.04. The molecule has 0 aromatic heterocycles. The standard InChI is InChI=1S/C39H40N2O5/c1-39(2,3)28-18-16-24(17-19-28)26-20-30-35(32(42)21-26)36(27-22-33(44-4)37(46-6)34(23-27)45-5)41(31-15-11-10-14-29(31)40-30)38(43)25-12-8-7-9-13-25/h7-19,22-23,26,36,40H,20-21H2,1-6H3/t26-,36-/m0/s1. The molecule has 0 unspecified atom stereocenters. The third-order valence-corrected chi connectivity index (χ3v) is 8.98. The third-order valence-electron chi connectivity index (χ3n) is 8.98. The minimum atomic E-state index is -0.774. The highest BCUT2D eigenvalue weighted by Crippen LogP contribution is 2.50. The first-order chi connectivity index (χ1) is 22.1. The summed E-state index contributed by atoms with van der Waals surface area (Å²) < 4.78 is 17.1. The lowest BCUT2D eigenvalue weighted by molar-refractivity contribution is -0.116. The normalized spacial score (nSPS) is 17.8. The Bertz CT molecular complexity index is 1780. The lowest BCUT2D eigenvalue weighted by Crippen LogP contribution is -2.38. The van der Waals surface area contributed by atoms with E-state index < -0.39 is 6.04 Å². The molecular weight excluding hydrogens is 576 g/mol. The van der Waals surface area contributed by atoms with Crippen LogP contribution in [0, 0.1) is 0 Å². The Kier molecular flexibility index (Phi) is 8.34. The first kappa shape index (κ1) is 31.0. The molecule has 1 amide bonds. The quantitative estimate of drug-likeness (QED) is 0.235. The van der Waals surface area contributed by atoms with Crippen LogP contribution in [0.1, 0.15) is 72.6 Å². The summed E-state index contributed by atoms with van der Waals surface area (Å²) >= 11 is 0. The highest BCUT2D eigenvalue weighted by Gasteiger charge is 2.42. The van der Waals surface area contributed by atoms with Gasteiger partial charge in [-0.3, -0.25) is 14.5 Å². The zero-order valence-electron chi connectivity index (χ0n) is 27.2. The fourth-order valence-electron chi connectivity index (χ4n) is 6.60. The van der Waals surface area contributed by atoms with E-state index in [4.69, 9.17) is 14.2 Å². The molecule has 1 aliphatic heterocycles. The fraction of sp³-hybridized carbons (Fsp3) is 0.282. The van der Waals surface area contributed by atoms with Crippen LogP contribution in [0.5, 0.6) is 17.2 Å². The van der Waals surface area contributed by atoms with E-state index in [9.17, 15) is 9.59 Å². The number of nitrogens with one attached hydrogen (secondary N) is 1. The molecule has 0 spiro atoms. The predicted molar refractivity (Wildman–Crippen MR) is 181 cm³/mol. The summed E-state index contributed by atoms with van der Waals surface area (Å²) in [5.41, 5.74) is 6.37. The molecule has 0 radical (unpaired) electrons. The number of para-hydroxylation sites is 2. The average molecular weight is 617 g/mol. The molecule has 236 valence electrons. The number of benzene rings is 4. The van der Waals surface area contributed by atoms with Crippen molar-refractivity contribution in [1.29, 1.82) is 0 Å². The van der Waals surface area contributed by atoms with Gasteiger partial charge in [0.25, 0.3) is 5.91 Å². The van der Waals surface area contributed by atoms with E-state index >= 15 is 0 Å². The van der Waals surface area contributed by atoms with Crippen molar-refractivity contribution in [3.05, 3.63) is 125 Å². The minimum Gasteiger partial charge on any atom is -0.493 e. The molecule has 4 aromatic carbocycles. The zero-order chi connectivity index (χ0) is 32.6. The summed E-state index contributed by atoms with van der Waals surface area (Å²) in [7, 11) is 4.67. The summed E-state index contributed by atoms with van der Waals surface area (Å²) in [5, 5.41) is 3.62. The average Bonchev–Trinajstić information content (AvgIpc) is 3.22. The minimum absolute atomic E-state index is 0.0168. The van der Waals surface area contributed by atoms with E-state index in [2.05, 4.69) is 50.4 Å². The summed E-state index contributed by atoms with van der Waals surface area (Å²) in [6.07, 6.45) is 0.929. The first-order valence-electron chi connectivity index (χ1n) is 15.6. The molecule has 2 aliphatic rings. The topological polar surface area (TPSA) is 77.1 Å². The number of Topliss-reactive ketones (excluding diaryl/α,β-unsaturated/α-hetero) is 1. The van der Waals surface area contributed by atoms with Crippen LogP contribution in [0.3, 0.4) is 0 Å². The number of carbonyl (C=O) groups is 2. The van der Waals surface area contributed by atoms with Gasteiger partial charge in [0.1, 0.15) is 0 Å². The highest BCUT2D eigenvalue weighted by molar-refractivity contribution is 6.12. The molecule has 0 bridgehead atoms. The largest absolute Gasteiger partial charge is 0.493 e. The lowest BCUT2D eigenvalue weighted by atomic mass is 9.77. The molecule has 2 atom stereocenters. The number of nitrogens with zero attached hydrogens (tertiary/aromatic N) is 1. The number of anilines is 2. The van der Waals surface area contributed by atoms with Crippen molar-refractivity contribution in [1.82, 2.24) is 0 Å². The number of ether oxygens (including phenoxy) is 3. The molecular formula is C39H40N2O5. The fourth-order valence-corrected chi connectivity index (χ4v) is 6.60. The van der Waals surface area contributed by atoms with E-state index in [1.54, 1.807) is 38.4 Å². The maximum atomic E-state index is 14.6. The van der Waals surface area contributed by atoms with Crippen LogP contribution in [0.25, 0.3) is 0 Å². The highest BCUT2D eigenvalue weighted by atomic mass is 16.5. The second-order valence-corrected chi connectivity index (χ2v) is 12.8. The van der Waals surface area contributed by atoms with Gasteiger partial charge in [-0.15, -0.1) is 0 Å². The van der Waals surface area contributed by atoms with E-state index in [-0.39, 0.29) is 23.0 Å². The van der Waals surface area contributed by atoms with E-state index in [1.807, 2.05) is 54.6 Å². The summed E-state index contributed by atoms with van der Waals surface area (Å²) in [5.74, 6) is 1.06. The molecule has 1 aliphatic carbocycles. The molecule has 46 heavy (non-hydrogen) atoms. The molecule has 0 saturated heterocycles. The van der Waals surface area contributed by atoms with Gasteiger partial charge in [-0.25, -0.2) is 0 Å². The van der Waals surface area contributed by atoms with Crippen molar-refractivity contribution in [2.45, 2.75) is 51.0 Å². The summed E-state index contributed by atoms with van der Waals surface area (Å²) in [6, 6.07) is 28.4. The predicted octanol–water partition coefficient (Wildman–Crippen LogP) is 8.22. The Morgan fingerprint density at radius 2 is 1.41 bits per heavy atom. The van der Waals surface area contributed by atoms with Gasteiger partial charge in [-0.2, -0.15) is 0 Å². The van der Waals surface area contributed by atoms with Crippen LogP contribution in [-0.4, -0.2) is 33.0 Å². The number of carbonyl (C=O) groups excluding carboxylic acids is 2. The molecule has 6 rings (SSSR count). The van der Waals surface area contributed by atoms with Crippen molar-refractivity contribution in [2.75, 3.05) is 31.5 Å². The third kappa shape index (κ3) is 5.62. The molecule has 4 aromatic rings. The van der Waals surface area contributed by atoms with Gasteiger partial charge < -0.3 is 19.5 Å². The number of amides is 1. The second-order valence-electron chi connectivity index (χ2n) is 12.8. The number of methoxy groups -OCH3 is 3. The van der Waals surface area contributed by atoms with Gasteiger partial charge in [0.2, 0.25) is 5.75 Å². The van der Waals surface area contributed by atoms with Gasteiger partial charge >= 0.3 is 0 Å². The van der Waals surface area contributed by atoms with E-state index in [1.165, 1.54) is 5.56 Å².